The Hall–Kier alpha value is -3.76. The van der Waals surface area contributed by atoms with Crippen LogP contribution in [0.15, 0.2) is 93.7 Å². The van der Waals surface area contributed by atoms with Gasteiger partial charge in [-0.3, -0.25) is 0 Å². The van der Waals surface area contributed by atoms with Crippen LogP contribution in [-0.2, 0) is 21.9 Å². The van der Waals surface area contributed by atoms with Crippen LogP contribution in [0.3, 0.4) is 0 Å². The van der Waals surface area contributed by atoms with Gasteiger partial charge in [0.2, 0.25) is 11.1 Å². The number of thioether (sulfide) groups is 1. The quantitative estimate of drug-likeness (QED) is 0.124. The summed E-state index contributed by atoms with van der Waals surface area (Å²) < 4.78 is 21.0. The van der Waals surface area contributed by atoms with E-state index in [-0.39, 0.29) is 12.1 Å². The number of aromatic nitrogens is 3. The molecule has 3 aromatic carbocycles. The molecule has 1 unspecified atom stereocenters. The zero-order valence-corrected chi connectivity index (χ0v) is 27.9. The topological polar surface area (TPSA) is 87.5 Å². The van der Waals surface area contributed by atoms with Crippen LogP contribution in [0.1, 0.15) is 68.7 Å². The van der Waals surface area contributed by atoms with Crippen LogP contribution in [0.25, 0.3) is 0 Å². The Bertz CT molecular complexity index is 1660. The van der Waals surface area contributed by atoms with E-state index in [0.717, 1.165) is 47.0 Å². The largest absolute Gasteiger partial charge is 0.490 e. The fraction of sp³-hybridized carbons (Fsp3) is 0.343. The summed E-state index contributed by atoms with van der Waals surface area (Å²) in [5.41, 5.74) is 4.24. The standard InChI is InChI=1S/C35H37BrN4O4S/c1-3-42-29-20-26(19-28(36)32(29)43-21-24-13-7-4-8-14-24)31-30(33(41)44-27-17-11-6-12-18-27)23(2)37-34-38-35(39-40(31)34)45-22-25-15-9-5-10-16-25/h4-5,7-10,13-16,19-20,27,31H,3,6,11-12,17-18,21-22H2,1-2H3,(H,37,38,39). The SMILES string of the molecule is CCOc1cc(C2C(C(=O)OC3CCCCC3)=C(C)Nc3nc(SCc4ccccc4)nn32)cc(Br)c1OCc1ccccc1. The molecule has 1 aliphatic carbocycles. The number of carbonyl (C=O) groups excluding carboxylic acids is 1. The van der Waals surface area contributed by atoms with Crippen molar-refractivity contribution >= 4 is 39.6 Å². The van der Waals surface area contributed by atoms with Gasteiger partial charge in [0.05, 0.1) is 16.7 Å². The second-order valence-electron chi connectivity index (χ2n) is 11.2. The average molecular weight is 690 g/mol. The Kier molecular flexibility index (Phi) is 10.1. The molecule has 0 radical (unpaired) electrons. The Morgan fingerprint density at radius 3 is 2.42 bits per heavy atom. The number of ether oxygens (including phenoxy) is 3. The van der Waals surface area contributed by atoms with E-state index in [2.05, 4.69) is 33.4 Å². The number of benzene rings is 3. The molecular weight excluding hydrogens is 652 g/mol. The fourth-order valence-electron chi connectivity index (χ4n) is 5.76. The predicted octanol–water partition coefficient (Wildman–Crippen LogP) is 8.48. The van der Waals surface area contributed by atoms with E-state index in [0.29, 0.717) is 47.1 Å². The summed E-state index contributed by atoms with van der Waals surface area (Å²) >= 11 is 5.31. The van der Waals surface area contributed by atoms with Gasteiger partial charge < -0.3 is 19.5 Å². The molecule has 0 saturated heterocycles. The maximum atomic E-state index is 14.0. The number of esters is 1. The molecule has 1 aliphatic heterocycles. The molecule has 1 N–H and O–H groups in total. The highest BCUT2D eigenvalue weighted by atomic mass is 79.9. The number of hydrogen-bond acceptors (Lipinski definition) is 8. The van der Waals surface area contributed by atoms with Crippen LogP contribution in [0.5, 0.6) is 11.5 Å². The van der Waals surface area contributed by atoms with Crippen LogP contribution >= 0.6 is 27.7 Å². The number of nitrogens with zero attached hydrogens (tertiary/aromatic N) is 3. The molecule has 1 aromatic heterocycles. The van der Waals surface area contributed by atoms with Gasteiger partial charge in [-0.15, -0.1) is 5.10 Å². The first-order valence-corrected chi connectivity index (χ1v) is 17.2. The minimum Gasteiger partial charge on any atom is -0.490 e. The monoisotopic (exact) mass is 688 g/mol. The minimum atomic E-state index is -0.588. The zero-order chi connectivity index (χ0) is 31.2. The smallest absolute Gasteiger partial charge is 0.338 e. The van der Waals surface area contributed by atoms with Gasteiger partial charge in [0.25, 0.3) is 0 Å². The lowest BCUT2D eigenvalue weighted by atomic mass is 9.94. The van der Waals surface area contributed by atoms with Crippen molar-refractivity contribution in [2.75, 3.05) is 11.9 Å². The highest BCUT2D eigenvalue weighted by Gasteiger charge is 2.37. The summed E-state index contributed by atoms with van der Waals surface area (Å²) in [6, 6.07) is 23.6. The number of nitrogens with one attached hydrogen (secondary N) is 1. The lowest BCUT2D eigenvalue weighted by molar-refractivity contribution is -0.146. The van der Waals surface area contributed by atoms with Crippen molar-refractivity contribution in [1.29, 1.82) is 0 Å². The first-order valence-electron chi connectivity index (χ1n) is 15.4. The summed E-state index contributed by atoms with van der Waals surface area (Å²) in [6.45, 7) is 4.67. The number of fused-ring (bicyclic) bond motifs is 1. The molecule has 45 heavy (non-hydrogen) atoms. The second kappa shape index (κ2) is 14.6. The number of hydrogen-bond donors (Lipinski definition) is 1. The zero-order valence-electron chi connectivity index (χ0n) is 25.5. The molecule has 8 nitrogen and oxygen atoms in total. The normalized spacial score (nSPS) is 16.6. The van der Waals surface area contributed by atoms with Crippen molar-refractivity contribution in [3.8, 4) is 11.5 Å². The molecule has 2 heterocycles. The van der Waals surface area contributed by atoms with Crippen LogP contribution in [0.2, 0.25) is 0 Å². The summed E-state index contributed by atoms with van der Waals surface area (Å²) in [6.07, 6.45) is 5.01. The summed E-state index contributed by atoms with van der Waals surface area (Å²) in [7, 11) is 0. The van der Waals surface area contributed by atoms with Crippen molar-refractivity contribution in [2.24, 2.45) is 0 Å². The number of rotatable bonds is 11. The van der Waals surface area contributed by atoms with E-state index in [1.54, 1.807) is 16.4 Å². The van der Waals surface area contributed by atoms with Gasteiger partial charge in [-0.2, -0.15) is 4.98 Å². The molecule has 1 fully saturated rings. The molecule has 0 spiro atoms. The predicted molar refractivity (Wildman–Crippen MR) is 180 cm³/mol. The lowest BCUT2D eigenvalue weighted by Crippen LogP contribution is -2.32. The molecule has 2 aliphatic rings. The Labute approximate surface area is 276 Å². The first-order chi connectivity index (χ1) is 22.0. The second-order valence-corrected chi connectivity index (χ2v) is 13.0. The molecule has 1 atom stereocenters. The molecule has 1 saturated carbocycles. The van der Waals surface area contributed by atoms with Gasteiger partial charge >= 0.3 is 5.97 Å². The highest BCUT2D eigenvalue weighted by Crippen LogP contribution is 2.44. The van der Waals surface area contributed by atoms with Crippen molar-refractivity contribution in [3.05, 3.63) is 105 Å². The van der Waals surface area contributed by atoms with Crippen LogP contribution < -0.4 is 14.8 Å². The summed E-state index contributed by atoms with van der Waals surface area (Å²) in [5, 5.41) is 8.87. The van der Waals surface area contributed by atoms with Gasteiger partial charge in [-0.05, 0) is 84.3 Å². The third-order valence-electron chi connectivity index (χ3n) is 7.96. The van der Waals surface area contributed by atoms with Gasteiger partial charge in [0.15, 0.2) is 11.5 Å². The van der Waals surface area contributed by atoms with Gasteiger partial charge in [0.1, 0.15) is 18.8 Å². The Morgan fingerprint density at radius 1 is 1.00 bits per heavy atom. The third kappa shape index (κ3) is 7.39. The molecule has 10 heteroatoms. The summed E-state index contributed by atoms with van der Waals surface area (Å²) in [4.78, 5) is 18.8. The van der Waals surface area contributed by atoms with E-state index in [4.69, 9.17) is 24.3 Å². The summed E-state index contributed by atoms with van der Waals surface area (Å²) in [5.74, 6) is 2.14. The van der Waals surface area contributed by atoms with Crippen LogP contribution in [-0.4, -0.2) is 33.4 Å². The van der Waals surface area contributed by atoms with Crippen molar-refractivity contribution in [3.63, 3.8) is 0 Å². The maximum Gasteiger partial charge on any atom is 0.338 e. The van der Waals surface area contributed by atoms with Crippen LogP contribution in [0, 0.1) is 0 Å². The minimum absolute atomic E-state index is 0.0826. The number of carbonyl (C=O) groups is 1. The average Bonchev–Trinajstić information content (AvgIpc) is 3.46. The molecule has 0 bridgehead atoms. The number of allylic oxidation sites excluding steroid dienone is 1. The van der Waals surface area contributed by atoms with Gasteiger partial charge in [-0.1, -0.05) is 78.8 Å². The molecule has 4 aromatic rings. The van der Waals surface area contributed by atoms with Crippen molar-refractivity contribution < 1.29 is 19.0 Å². The third-order valence-corrected chi connectivity index (χ3v) is 9.46. The molecule has 6 rings (SSSR count). The molecule has 0 amide bonds. The van der Waals surface area contributed by atoms with Gasteiger partial charge in [0, 0.05) is 11.4 Å². The van der Waals surface area contributed by atoms with Crippen molar-refractivity contribution in [1.82, 2.24) is 14.8 Å². The lowest BCUT2D eigenvalue weighted by Gasteiger charge is -2.30. The fourth-order valence-corrected chi connectivity index (χ4v) is 7.12. The Balaban J connectivity index is 1.36. The Morgan fingerprint density at radius 2 is 1.71 bits per heavy atom. The number of anilines is 1. The molecular formula is C35H37BrN4O4S. The van der Waals surface area contributed by atoms with E-state index in [1.165, 1.54) is 12.0 Å². The highest BCUT2D eigenvalue weighted by molar-refractivity contribution is 9.10. The maximum absolute atomic E-state index is 14.0. The van der Waals surface area contributed by atoms with Crippen molar-refractivity contribution in [2.45, 2.75) is 75.6 Å². The number of halogens is 1. The van der Waals surface area contributed by atoms with E-state index < -0.39 is 6.04 Å². The van der Waals surface area contributed by atoms with E-state index >= 15 is 0 Å². The first kappa shape index (κ1) is 31.2. The van der Waals surface area contributed by atoms with E-state index in [1.807, 2.05) is 74.5 Å². The van der Waals surface area contributed by atoms with Crippen LogP contribution in [0.4, 0.5) is 5.95 Å². The molecule has 234 valence electrons. The van der Waals surface area contributed by atoms with E-state index in [9.17, 15) is 4.79 Å². The van der Waals surface area contributed by atoms with Gasteiger partial charge in [-0.25, -0.2) is 9.48 Å².